The Morgan fingerprint density at radius 2 is 1.72 bits per heavy atom. The molecule has 196 valence electrons. The molecule has 11 heteroatoms. The Balaban J connectivity index is 1.31. The van der Waals surface area contributed by atoms with Crippen molar-refractivity contribution in [1.82, 2.24) is 9.62 Å². The maximum Gasteiger partial charge on any atom is 0.267 e. The van der Waals surface area contributed by atoms with Crippen molar-refractivity contribution in [3.05, 3.63) is 62.6 Å². The van der Waals surface area contributed by atoms with Gasteiger partial charge in [-0.15, -0.1) is 0 Å². The maximum atomic E-state index is 14.7. The molecule has 4 rings (SSSR count). The number of piperidine rings is 1. The van der Waals surface area contributed by atoms with E-state index in [2.05, 4.69) is 4.90 Å². The molecule has 1 saturated heterocycles. The summed E-state index contributed by atoms with van der Waals surface area (Å²) < 4.78 is 58.9. The second-order valence-corrected chi connectivity index (χ2v) is 12.1. The molecule has 1 saturated carbocycles. The highest BCUT2D eigenvalue weighted by atomic mass is 35.5. The molecule has 0 radical (unpaired) electrons. The number of hydrogen-bond donors (Lipinski definition) is 1. The SMILES string of the molecule is CS(=O)(=O)NC(=O)c1cc(C2CC2)c(OCC2CCN(CCc3cc(Cl)c(F)c(Cl)c3)CC2)cc1F. The van der Waals surface area contributed by atoms with Crippen LogP contribution in [0.3, 0.4) is 0 Å². The van der Waals surface area contributed by atoms with Gasteiger partial charge in [-0.3, -0.25) is 4.79 Å². The summed E-state index contributed by atoms with van der Waals surface area (Å²) in [6.45, 7) is 3.00. The molecule has 36 heavy (non-hydrogen) atoms. The van der Waals surface area contributed by atoms with Gasteiger partial charge in [0.2, 0.25) is 10.0 Å². The monoisotopic (exact) mass is 560 g/mol. The predicted octanol–water partition coefficient (Wildman–Crippen LogP) is 5.17. The van der Waals surface area contributed by atoms with Crippen molar-refractivity contribution in [2.75, 3.05) is 32.5 Å². The Morgan fingerprint density at radius 1 is 1.08 bits per heavy atom. The smallest absolute Gasteiger partial charge is 0.267 e. The molecule has 1 N–H and O–H groups in total. The number of sulfonamides is 1. The van der Waals surface area contributed by atoms with E-state index in [-0.39, 0.29) is 21.5 Å². The van der Waals surface area contributed by atoms with Crippen LogP contribution in [0.2, 0.25) is 10.0 Å². The highest BCUT2D eigenvalue weighted by Gasteiger charge is 2.30. The van der Waals surface area contributed by atoms with E-state index in [1.54, 1.807) is 12.1 Å². The Bertz CT molecular complexity index is 1220. The van der Waals surface area contributed by atoms with Crippen molar-refractivity contribution in [3.63, 3.8) is 0 Å². The molecule has 2 fully saturated rings. The zero-order valence-electron chi connectivity index (χ0n) is 19.8. The Hall–Kier alpha value is -1.94. The van der Waals surface area contributed by atoms with Gasteiger partial charge in [-0.25, -0.2) is 21.9 Å². The molecule has 0 atom stereocenters. The summed E-state index contributed by atoms with van der Waals surface area (Å²) in [5, 5.41) is 0.0545. The number of nitrogens with zero attached hydrogens (tertiary/aromatic N) is 1. The lowest BCUT2D eigenvalue weighted by Crippen LogP contribution is -2.36. The lowest BCUT2D eigenvalue weighted by atomic mass is 9.97. The van der Waals surface area contributed by atoms with E-state index in [4.69, 9.17) is 27.9 Å². The molecule has 1 amide bonds. The van der Waals surface area contributed by atoms with E-state index in [1.807, 2.05) is 4.72 Å². The lowest BCUT2D eigenvalue weighted by Gasteiger charge is -2.32. The van der Waals surface area contributed by atoms with E-state index >= 15 is 0 Å². The van der Waals surface area contributed by atoms with Crippen molar-refractivity contribution >= 4 is 39.1 Å². The van der Waals surface area contributed by atoms with Gasteiger partial charge in [0, 0.05) is 12.6 Å². The molecular formula is C25H28Cl2F2N2O4S. The van der Waals surface area contributed by atoms with Crippen molar-refractivity contribution < 1.29 is 26.7 Å². The summed E-state index contributed by atoms with van der Waals surface area (Å²) in [6, 6.07) is 5.82. The van der Waals surface area contributed by atoms with E-state index in [0.29, 0.717) is 24.7 Å². The molecule has 0 bridgehead atoms. The third-order valence-corrected chi connectivity index (χ3v) is 7.69. The normalized spacial score (nSPS) is 17.2. The fourth-order valence-electron chi connectivity index (χ4n) is 4.43. The highest BCUT2D eigenvalue weighted by Crippen LogP contribution is 2.45. The summed E-state index contributed by atoms with van der Waals surface area (Å²) in [5.41, 5.74) is 1.33. The van der Waals surface area contributed by atoms with Crippen LogP contribution in [0.25, 0.3) is 0 Å². The summed E-state index contributed by atoms with van der Waals surface area (Å²) in [4.78, 5) is 14.5. The number of ether oxygens (including phenoxy) is 1. The Kier molecular flexibility index (Phi) is 8.44. The van der Waals surface area contributed by atoms with Gasteiger partial charge in [0.05, 0.1) is 28.5 Å². The minimum absolute atomic E-state index is 0.0272. The highest BCUT2D eigenvalue weighted by molar-refractivity contribution is 7.89. The van der Waals surface area contributed by atoms with Crippen LogP contribution < -0.4 is 9.46 Å². The minimum atomic E-state index is -3.80. The fourth-order valence-corrected chi connectivity index (χ4v) is 5.41. The van der Waals surface area contributed by atoms with Crippen LogP contribution in [0.4, 0.5) is 8.78 Å². The summed E-state index contributed by atoms with van der Waals surface area (Å²) in [7, 11) is -3.80. The minimum Gasteiger partial charge on any atom is -0.493 e. The molecule has 0 spiro atoms. The summed E-state index contributed by atoms with van der Waals surface area (Å²) >= 11 is 11.8. The number of carbonyl (C=O) groups is 1. The zero-order chi connectivity index (χ0) is 26.0. The Labute approximate surface area is 220 Å². The number of benzene rings is 2. The number of hydrogen-bond acceptors (Lipinski definition) is 5. The molecular weight excluding hydrogens is 533 g/mol. The molecule has 1 heterocycles. The standard InChI is InChI=1S/C25H28Cl2F2N2O4S/c1-36(33,34)30-25(32)19-12-18(17-2-3-17)23(13-22(19)28)35-14-15-4-7-31(8-5-15)9-6-16-10-20(26)24(29)21(27)11-16/h10-13,15,17H,2-9,14H2,1H3,(H,30,32). The first-order valence-electron chi connectivity index (χ1n) is 11.8. The average Bonchev–Trinajstić information content (AvgIpc) is 3.64. The molecule has 2 aromatic carbocycles. The van der Waals surface area contributed by atoms with Gasteiger partial charge >= 0.3 is 0 Å². The van der Waals surface area contributed by atoms with E-state index < -0.39 is 27.6 Å². The lowest BCUT2D eigenvalue weighted by molar-refractivity contribution is 0.0977. The molecule has 2 aromatic rings. The van der Waals surface area contributed by atoms with Gasteiger partial charge in [-0.05, 0) is 86.4 Å². The number of likely N-dealkylation sites (tertiary alicyclic amines) is 1. The van der Waals surface area contributed by atoms with E-state index in [0.717, 1.165) is 62.7 Å². The predicted molar refractivity (Wildman–Crippen MR) is 135 cm³/mol. The third-order valence-electron chi connectivity index (χ3n) is 6.58. The summed E-state index contributed by atoms with van der Waals surface area (Å²) in [5.74, 6) is -1.50. The fraction of sp³-hybridized carbons (Fsp3) is 0.480. The van der Waals surface area contributed by atoms with Crippen LogP contribution in [-0.2, 0) is 16.4 Å². The summed E-state index contributed by atoms with van der Waals surface area (Å²) in [6.07, 6.45) is 5.23. The second kappa shape index (κ2) is 11.2. The van der Waals surface area contributed by atoms with Gasteiger partial charge in [0.1, 0.15) is 11.6 Å². The van der Waals surface area contributed by atoms with Gasteiger partial charge in [-0.1, -0.05) is 23.2 Å². The first-order valence-corrected chi connectivity index (χ1v) is 14.5. The quantitative estimate of drug-likeness (QED) is 0.428. The number of nitrogens with one attached hydrogen (secondary N) is 1. The molecule has 6 nitrogen and oxygen atoms in total. The van der Waals surface area contributed by atoms with Crippen LogP contribution in [0, 0.1) is 17.6 Å². The van der Waals surface area contributed by atoms with E-state index in [9.17, 15) is 22.0 Å². The molecule has 1 aliphatic carbocycles. The van der Waals surface area contributed by atoms with Crippen molar-refractivity contribution in [2.24, 2.45) is 5.92 Å². The first kappa shape index (κ1) is 27.1. The first-order chi connectivity index (χ1) is 17.0. The van der Waals surface area contributed by atoms with Crippen LogP contribution in [0.15, 0.2) is 24.3 Å². The molecule has 1 aliphatic heterocycles. The third kappa shape index (κ3) is 7.09. The average molecular weight is 561 g/mol. The number of carbonyl (C=O) groups excluding carboxylic acids is 1. The maximum absolute atomic E-state index is 14.7. The number of rotatable bonds is 9. The van der Waals surface area contributed by atoms with Crippen LogP contribution in [0.1, 0.15) is 53.1 Å². The van der Waals surface area contributed by atoms with Crippen molar-refractivity contribution in [2.45, 2.75) is 38.0 Å². The van der Waals surface area contributed by atoms with Gasteiger partial charge < -0.3 is 9.64 Å². The molecule has 2 aliphatic rings. The van der Waals surface area contributed by atoms with Crippen LogP contribution in [-0.4, -0.2) is 51.7 Å². The van der Waals surface area contributed by atoms with Gasteiger partial charge in [0.15, 0.2) is 5.82 Å². The van der Waals surface area contributed by atoms with Gasteiger partial charge in [0.25, 0.3) is 5.91 Å². The van der Waals surface area contributed by atoms with Crippen LogP contribution >= 0.6 is 23.2 Å². The van der Waals surface area contributed by atoms with Gasteiger partial charge in [-0.2, -0.15) is 0 Å². The zero-order valence-corrected chi connectivity index (χ0v) is 22.2. The van der Waals surface area contributed by atoms with Crippen LogP contribution in [0.5, 0.6) is 5.75 Å². The number of amides is 1. The number of halogens is 4. The topological polar surface area (TPSA) is 75.7 Å². The van der Waals surface area contributed by atoms with Crippen molar-refractivity contribution in [3.8, 4) is 5.75 Å². The van der Waals surface area contributed by atoms with Crippen molar-refractivity contribution in [1.29, 1.82) is 0 Å². The molecule has 0 aromatic heterocycles. The second-order valence-electron chi connectivity index (χ2n) is 9.57. The van der Waals surface area contributed by atoms with E-state index in [1.165, 1.54) is 12.1 Å². The largest absolute Gasteiger partial charge is 0.493 e. The Morgan fingerprint density at radius 3 is 2.31 bits per heavy atom. The molecule has 0 unspecified atom stereocenters.